The first-order valence-corrected chi connectivity index (χ1v) is 7.72. The van der Waals surface area contributed by atoms with E-state index in [1.165, 1.54) is 0 Å². The Bertz CT molecular complexity index is 936. The van der Waals surface area contributed by atoms with Crippen LogP contribution in [0.5, 0.6) is 0 Å². The van der Waals surface area contributed by atoms with Crippen LogP contribution in [0.2, 0.25) is 5.02 Å². The summed E-state index contributed by atoms with van der Waals surface area (Å²) in [5.41, 5.74) is 6.28. The number of nitrogens with two attached hydrogens (primary N) is 1. The van der Waals surface area contributed by atoms with Gasteiger partial charge in [0.2, 0.25) is 5.76 Å². The highest BCUT2D eigenvalue weighted by Gasteiger charge is 2.21. The second-order valence-corrected chi connectivity index (χ2v) is 6.07. The van der Waals surface area contributed by atoms with E-state index in [4.69, 9.17) is 21.8 Å². The molecule has 0 unspecified atom stereocenters. The smallest absolute Gasteiger partial charge is 0.286 e. The molecule has 0 aliphatic carbocycles. The van der Waals surface area contributed by atoms with Crippen molar-refractivity contribution in [3.63, 3.8) is 0 Å². The van der Waals surface area contributed by atoms with Gasteiger partial charge in [0.05, 0.1) is 10.6 Å². The fourth-order valence-corrected chi connectivity index (χ4v) is 2.76. The molecule has 0 spiro atoms. The Kier molecular flexibility index (Phi) is 4.11. The van der Waals surface area contributed by atoms with E-state index in [2.05, 4.69) is 21.2 Å². The topological polar surface area (TPSA) is 85.3 Å². The predicted molar refractivity (Wildman–Crippen MR) is 91.8 cm³/mol. The number of rotatable bonds is 3. The molecular weight excluding hydrogens is 384 g/mol. The highest BCUT2D eigenvalue weighted by molar-refractivity contribution is 9.10. The molecule has 7 heteroatoms. The molecule has 3 aromatic rings. The first-order valence-electron chi connectivity index (χ1n) is 6.55. The third kappa shape index (κ3) is 2.95. The SMILES string of the molecule is NC(=O)c1oc2ccccc2c1NC(=O)c1cc(Br)ccc1Cl. The van der Waals surface area contributed by atoms with E-state index in [0.717, 1.165) is 0 Å². The van der Waals surface area contributed by atoms with Crippen molar-refractivity contribution in [1.82, 2.24) is 0 Å². The molecule has 5 nitrogen and oxygen atoms in total. The molecule has 1 heterocycles. The molecule has 0 fully saturated rings. The number of amides is 2. The maximum atomic E-state index is 12.5. The summed E-state index contributed by atoms with van der Waals surface area (Å²) in [4.78, 5) is 24.1. The van der Waals surface area contributed by atoms with Crippen molar-refractivity contribution >= 4 is 56.0 Å². The Morgan fingerprint density at radius 1 is 1.17 bits per heavy atom. The van der Waals surface area contributed by atoms with Crippen LogP contribution >= 0.6 is 27.5 Å². The number of hydrogen-bond acceptors (Lipinski definition) is 3. The van der Waals surface area contributed by atoms with Gasteiger partial charge in [-0.05, 0) is 30.3 Å². The van der Waals surface area contributed by atoms with Gasteiger partial charge in [0.25, 0.3) is 11.8 Å². The Labute approximate surface area is 144 Å². The number of benzene rings is 2. The number of carbonyl (C=O) groups excluding carboxylic acids is 2. The summed E-state index contributed by atoms with van der Waals surface area (Å²) in [7, 11) is 0. The average Bonchev–Trinajstić information content (AvgIpc) is 2.89. The van der Waals surface area contributed by atoms with Crippen molar-refractivity contribution in [2.45, 2.75) is 0 Å². The number of carbonyl (C=O) groups is 2. The van der Waals surface area contributed by atoms with E-state index in [-0.39, 0.29) is 17.0 Å². The highest BCUT2D eigenvalue weighted by Crippen LogP contribution is 2.31. The molecule has 23 heavy (non-hydrogen) atoms. The number of anilines is 1. The Morgan fingerprint density at radius 3 is 2.65 bits per heavy atom. The van der Waals surface area contributed by atoms with E-state index < -0.39 is 11.8 Å². The first kappa shape index (κ1) is 15.6. The normalized spacial score (nSPS) is 10.7. The molecule has 0 saturated heterocycles. The average molecular weight is 394 g/mol. The van der Waals surface area contributed by atoms with Crippen molar-refractivity contribution in [1.29, 1.82) is 0 Å². The Balaban J connectivity index is 2.07. The summed E-state index contributed by atoms with van der Waals surface area (Å²) in [6.07, 6.45) is 0. The maximum Gasteiger partial charge on any atom is 0.286 e. The summed E-state index contributed by atoms with van der Waals surface area (Å²) in [5, 5.41) is 3.54. The molecule has 0 atom stereocenters. The third-order valence-electron chi connectivity index (χ3n) is 3.23. The molecule has 116 valence electrons. The van der Waals surface area contributed by atoms with Crippen molar-refractivity contribution in [2.24, 2.45) is 5.73 Å². The molecule has 3 rings (SSSR count). The van der Waals surface area contributed by atoms with Crippen molar-refractivity contribution < 1.29 is 14.0 Å². The van der Waals surface area contributed by atoms with Gasteiger partial charge in [-0.2, -0.15) is 0 Å². The van der Waals surface area contributed by atoms with E-state index in [0.29, 0.717) is 20.5 Å². The molecule has 0 bridgehead atoms. The van der Waals surface area contributed by atoms with Crippen LogP contribution in [0.15, 0.2) is 51.4 Å². The second-order valence-electron chi connectivity index (χ2n) is 4.74. The van der Waals surface area contributed by atoms with Gasteiger partial charge in [-0.3, -0.25) is 9.59 Å². The zero-order valence-corrected chi connectivity index (χ0v) is 13.9. The highest BCUT2D eigenvalue weighted by atomic mass is 79.9. The lowest BCUT2D eigenvalue weighted by Crippen LogP contribution is -2.17. The summed E-state index contributed by atoms with van der Waals surface area (Å²) in [6, 6.07) is 11.8. The molecule has 0 radical (unpaired) electrons. The summed E-state index contributed by atoms with van der Waals surface area (Å²) in [5.74, 6) is -1.34. The van der Waals surface area contributed by atoms with Gasteiger partial charge < -0.3 is 15.5 Å². The number of para-hydroxylation sites is 1. The number of furan rings is 1. The molecule has 2 amide bonds. The number of hydrogen-bond donors (Lipinski definition) is 2. The molecule has 0 saturated carbocycles. The quantitative estimate of drug-likeness (QED) is 0.699. The predicted octanol–water partition coefficient (Wildman–Crippen LogP) is 4.20. The van der Waals surface area contributed by atoms with Gasteiger partial charge in [-0.1, -0.05) is 39.7 Å². The zero-order valence-electron chi connectivity index (χ0n) is 11.6. The maximum absolute atomic E-state index is 12.5. The van der Waals surface area contributed by atoms with Crippen LogP contribution in [0.3, 0.4) is 0 Å². The minimum absolute atomic E-state index is 0.106. The molecule has 0 aliphatic heterocycles. The third-order valence-corrected chi connectivity index (χ3v) is 4.05. The minimum atomic E-state index is -0.767. The largest absolute Gasteiger partial charge is 0.449 e. The van der Waals surface area contributed by atoms with Crippen LogP contribution in [0.1, 0.15) is 20.9 Å². The first-order chi connectivity index (χ1) is 11.0. The lowest BCUT2D eigenvalue weighted by Gasteiger charge is -2.07. The van der Waals surface area contributed by atoms with Crippen molar-refractivity contribution in [2.75, 3.05) is 5.32 Å². The van der Waals surface area contributed by atoms with Crippen LogP contribution in [0.4, 0.5) is 5.69 Å². The Morgan fingerprint density at radius 2 is 1.91 bits per heavy atom. The number of halogens is 2. The van der Waals surface area contributed by atoms with E-state index >= 15 is 0 Å². The number of fused-ring (bicyclic) bond motifs is 1. The summed E-state index contributed by atoms with van der Waals surface area (Å²) >= 11 is 9.34. The molecule has 1 aromatic heterocycles. The minimum Gasteiger partial charge on any atom is -0.449 e. The molecule has 2 aromatic carbocycles. The fourth-order valence-electron chi connectivity index (χ4n) is 2.20. The van der Waals surface area contributed by atoms with Crippen LogP contribution < -0.4 is 11.1 Å². The number of nitrogens with one attached hydrogen (secondary N) is 1. The van der Waals surface area contributed by atoms with Gasteiger partial charge in [-0.15, -0.1) is 0 Å². The summed E-state index contributed by atoms with van der Waals surface area (Å²) < 4.78 is 6.13. The van der Waals surface area contributed by atoms with E-state index in [1.807, 2.05) is 0 Å². The lowest BCUT2D eigenvalue weighted by molar-refractivity contribution is 0.0977. The molecular formula is C16H10BrClN2O3. The zero-order chi connectivity index (χ0) is 16.6. The van der Waals surface area contributed by atoms with Crippen molar-refractivity contribution in [3.8, 4) is 0 Å². The van der Waals surface area contributed by atoms with Crippen LogP contribution in [0, 0.1) is 0 Å². The standard InChI is InChI=1S/C16H10BrClN2O3/c17-8-5-6-11(18)10(7-8)16(22)20-13-9-3-1-2-4-12(9)23-14(13)15(19)21/h1-7H,(H2,19,21)(H,20,22). The van der Waals surface area contributed by atoms with Gasteiger partial charge in [-0.25, -0.2) is 0 Å². The lowest BCUT2D eigenvalue weighted by atomic mass is 10.1. The molecule has 3 N–H and O–H groups in total. The van der Waals surface area contributed by atoms with Gasteiger partial charge in [0.15, 0.2) is 0 Å². The van der Waals surface area contributed by atoms with Gasteiger partial charge in [0, 0.05) is 9.86 Å². The second kappa shape index (κ2) is 6.06. The van der Waals surface area contributed by atoms with E-state index in [9.17, 15) is 9.59 Å². The number of primary amides is 1. The van der Waals surface area contributed by atoms with Gasteiger partial charge >= 0.3 is 0 Å². The Hall–Kier alpha value is -2.31. The van der Waals surface area contributed by atoms with Crippen LogP contribution in [-0.2, 0) is 0 Å². The van der Waals surface area contributed by atoms with Crippen molar-refractivity contribution in [3.05, 3.63) is 63.3 Å². The van der Waals surface area contributed by atoms with Crippen LogP contribution in [0.25, 0.3) is 11.0 Å². The van der Waals surface area contributed by atoms with Gasteiger partial charge in [0.1, 0.15) is 11.3 Å². The van der Waals surface area contributed by atoms with E-state index in [1.54, 1.807) is 42.5 Å². The summed E-state index contributed by atoms with van der Waals surface area (Å²) in [6.45, 7) is 0. The van der Waals surface area contributed by atoms with Crippen LogP contribution in [-0.4, -0.2) is 11.8 Å². The monoisotopic (exact) mass is 392 g/mol. The molecule has 0 aliphatic rings. The fraction of sp³-hybridized carbons (Fsp3) is 0.